The molecule has 118 valence electrons. The van der Waals surface area contributed by atoms with E-state index in [9.17, 15) is 0 Å². The van der Waals surface area contributed by atoms with E-state index in [4.69, 9.17) is 10.1 Å². The third kappa shape index (κ3) is 2.37. The van der Waals surface area contributed by atoms with E-state index in [0.717, 1.165) is 23.3 Å². The molecule has 0 aromatic heterocycles. The Balaban J connectivity index is 1.57. The highest BCUT2D eigenvalue weighted by Crippen LogP contribution is 2.60. The minimum atomic E-state index is 0.0651. The van der Waals surface area contributed by atoms with Gasteiger partial charge < -0.3 is 4.74 Å². The molecular weight excluding hydrogens is 270 g/mol. The van der Waals surface area contributed by atoms with E-state index in [1.807, 2.05) is 13.8 Å². The molecule has 4 aliphatic carbocycles. The van der Waals surface area contributed by atoms with Crippen molar-refractivity contribution in [1.82, 2.24) is 0 Å². The summed E-state index contributed by atoms with van der Waals surface area (Å²) in [6, 6.07) is 8.75. The van der Waals surface area contributed by atoms with Gasteiger partial charge in [-0.25, -0.2) is 0 Å². The largest absolute Gasteiger partial charge is 0.475 e. The lowest BCUT2D eigenvalue weighted by molar-refractivity contribution is -0.00519. The second kappa shape index (κ2) is 5.11. The van der Waals surface area contributed by atoms with Gasteiger partial charge in [-0.2, -0.15) is 0 Å². The summed E-state index contributed by atoms with van der Waals surface area (Å²) in [5.74, 6) is 3.24. The van der Waals surface area contributed by atoms with Crippen molar-refractivity contribution in [1.29, 1.82) is 5.41 Å². The van der Waals surface area contributed by atoms with Crippen molar-refractivity contribution >= 4 is 5.90 Å². The first-order valence-corrected chi connectivity index (χ1v) is 8.90. The Morgan fingerprint density at radius 2 is 1.50 bits per heavy atom. The molecule has 0 aliphatic heterocycles. The second-order valence-electron chi connectivity index (χ2n) is 8.27. The predicted octanol–water partition coefficient (Wildman–Crippen LogP) is 4.90. The minimum Gasteiger partial charge on any atom is -0.475 e. The number of benzene rings is 1. The normalized spacial score (nSPS) is 35.9. The molecule has 22 heavy (non-hydrogen) atoms. The molecule has 1 aromatic carbocycles. The lowest BCUT2D eigenvalue weighted by Crippen LogP contribution is -2.48. The standard InChI is InChI=1S/C20H27NO/c1-13(2)22-19(21)17-3-5-18(6-4-17)20-10-14-7-15(11-20)9-16(8-14)12-20/h3-6,13-16,21H,7-12H2,1-2H3. The summed E-state index contributed by atoms with van der Waals surface area (Å²) in [5.41, 5.74) is 2.88. The summed E-state index contributed by atoms with van der Waals surface area (Å²) >= 11 is 0. The minimum absolute atomic E-state index is 0.0651. The van der Waals surface area contributed by atoms with Crippen LogP contribution in [-0.2, 0) is 10.2 Å². The van der Waals surface area contributed by atoms with Crippen LogP contribution < -0.4 is 0 Å². The van der Waals surface area contributed by atoms with Gasteiger partial charge in [0.15, 0.2) is 0 Å². The molecule has 0 unspecified atom stereocenters. The average Bonchev–Trinajstić information content (AvgIpc) is 2.45. The Kier molecular flexibility index (Phi) is 3.32. The van der Waals surface area contributed by atoms with Crippen LogP contribution >= 0.6 is 0 Å². The molecule has 0 spiro atoms. The van der Waals surface area contributed by atoms with Crippen LogP contribution in [0.4, 0.5) is 0 Å². The van der Waals surface area contributed by atoms with E-state index >= 15 is 0 Å². The van der Waals surface area contributed by atoms with Gasteiger partial charge in [-0.15, -0.1) is 0 Å². The van der Waals surface area contributed by atoms with Crippen LogP contribution in [0.2, 0.25) is 0 Å². The molecule has 4 bridgehead atoms. The maximum atomic E-state index is 8.03. The van der Waals surface area contributed by atoms with Crippen molar-refractivity contribution in [3.63, 3.8) is 0 Å². The van der Waals surface area contributed by atoms with Gasteiger partial charge in [-0.3, -0.25) is 5.41 Å². The second-order valence-corrected chi connectivity index (χ2v) is 8.27. The molecule has 0 amide bonds. The predicted molar refractivity (Wildman–Crippen MR) is 89.3 cm³/mol. The highest BCUT2D eigenvalue weighted by molar-refractivity contribution is 5.91. The first kappa shape index (κ1) is 14.3. The van der Waals surface area contributed by atoms with Gasteiger partial charge in [0, 0.05) is 5.56 Å². The van der Waals surface area contributed by atoms with Crippen LogP contribution in [0.5, 0.6) is 0 Å². The molecule has 5 rings (SSSR count). The molecule has 1 aromatic rings. The molecular formula is C20H27NO. The summed E-state index contributed by atoms with van der Waals surface area (Å²) in [7, 11) is 0. The van der Waals surface area contributed by atoms with Gasteiger partial charge >= 0.3 is 0 Å². The summed E-state index contributed by atoms with van der Waals surface area (Å²) < 4.78 is 5.51. The molecule has 2 nitrogen and oxygen atoms in total. The molecule has 0 radical (unpaired) electrons. The summed E-state index contributed by atoms with van der Waals surface area (Å²) in [4.78, 5) is 0. The molecule has 4 aliphatic rings. The van der Waals surface area contributed by atoms with Crippen molar-refractivity contribution in [2.45, 2.75) is 63.9 Å². The van der Waals surface area contributed by atoms with E-state index in [1.54, 1.807) is 0 Å². The van der Waals surface area contributed by atoms with E-state index in [0.29, 0.717) is 11.3 Å². The van der Waals surface area contributed by atoms with Crippen LogP contribution in [0, 0.1) is 23.2 Å². The van der Waals surface area contributed by atoms with Crippen molar-refractivity contribution in [2.75, 3.05) is 0 Å². The van der Waals surface area contributed by atoms with Gasteiger partial charge in [0.25, 0.3) is 0 Å². The number of hydrogen-bond acceptors (Lipinski definition) is 2. The van der Waals surface area contributed by atoms with Crippen LogP contribution in [0.15, 0.2) is 24.3 Å². The van der Waals surface area contributed by atoms with Gasteiger partial charge in [0.2, 0.25) is 5.90 Å². The van der Waals surface area contributed by atoms with Crippen molar-refractivity contribution < 1.29 is 4.74 Å². The van der Waals surface area contributed by atoms with Crippen LogP contribution in [0.25, 0.3) is 0 Å². The summed E-state index contributed by atoms with van der Waals surface area (Å²) in [6.45, 7) is 3.94. The van der Waals surface area contributed by atoms with E-state index in [1.165, 1.54) is 44.1 Å². The average molecular weight is 297 g/mol. The van der Waals surface area contributed by atoms with Gasteiger partial charge in [0.1, 0.15) is 0 Å². The molecule has 0 heterocycles. The Labute approximate surface area is 133 Å². The van der Waals surface area contributed by atoms with E-state index in [-0.39, 0.29) is 6.10 Å². The maximum absolute atomic E-state index is 8.03. The molecule has 2 heteroatoms. The monoisotopic (exact) mass is 297 g/mol. The SMILES string of the molecule is CC(C)OC(=N)c1ccc(C23CC4CC(CC(C4)C2)C3)cc1. The fraction of sp³-hybridized carbons (Fsp3) is 0.650. The Bertz CT molecular complexity index is 537. The maximum Gasteiger partial charge on any atom is 0.213 e. The van der Waals surface area contributed by atoms with Crippen molar-refractivity contribution in [3.8, 4) is 0 Å². The van der Waals surface area contributed by atoms with Gasteiger partial charge in [-0.1, -0.05) is 12.1 Å². The zero-order valence-corrected chi connectivity index (χ0v) is 13.8. The van der Waals surface area contributed by atoms with Gasteiger partial charge in [0.05, 0.1) is 6.10 Å². The van der Waals surface area contributed by atoms with Crippen LogP contribution in [0.1, 0.15) is 63.5 Å². The summed E-state index contributed by atoms with van der Waals surface area (Å²) in [5, 5.41) is 8.03. The molecule has 1 N–H and O–H groups in total. The lowest BCUT2D eigenvalue weighted by Gasteiger charge is -2.57. The highest BCUT2D eigenvalue weighted by atomic mass is 16.5. The zero-order valence-electron chi connectivity index (χ0n) is 13.8. The fourth-order valence-electron chi connectivity index (χ4n) is 5.74. The first-order valence-electron chi connectivity index (χ1n) is 8.90. The third-order valence-corrected chi connectivity index (χ3v) is 6.15. The number of hydrogen-bond donors (Lipinski definition) is 1. The van der Waals surface area contributed by atoms with Crippen molar-refractivity contribution in [3.05, 3.63) is 35.4 Å². The number of rotatable bonds is 3. The van der Waals surface area contributed by atoms with E-state index < -0.39 is 0 Å². The quantitative estimate of drug-likeness (QED) is 0.624. The molecule has 4 fully saturated rings. The molecule has 0 atom stereocenters. The van der Waals surface area contributed by atoms with Crippen LogP contribution in [0.3, 0.4) is 0 Å². The first-order chi connectivity index (χ1) is 10.5. The van der Waals surface area contributed by atoms with Gasteiger partial charge in [-0.05, 0) is 93.2 Å². The zero-order chi connectivity index (χ0) is 15.3. The Hall–Kier alpha value is -1.31. The summed E-state index contributed by atoms with van der Waals surface area (Å²) in [6.07, 6.45) is 8.74. The number of ether oxygens (including phenoxy) is 1. The number of nitrogens with one attached hydrogen (secondary N) is 1. The smallest absolute Gasteiger partial charge is 0.213 e. The Morgan fingerprint density at radius 3 is 1.95 bits per heavy atom. The van der Waals surface area contributed by atoms with Crippen LogP contribution in [-0.4, -0.2) is 12.0 Å². The lowest BCUT2D eigenvalue weighted by atomic mass is 9.48. The fourth-order valence-corrected chi connectivity index (χ4v) is 5.74. The Morgan fingerprint density at radius 1 is 1.00 bits per heavy atom. The molecule has 0 saturated heterocycles. The van der Waals surface area contributed by atoms with E-state index in [2.05, 4.69) is 24.3 Å². The molecule has 4 saturated carbocycles. The van der Waals surface area contributed by atoms with Crippen molar-refractivity contribution in [2.24, 2.45) is 17.8 Å². The third-order valence-electron chi connectivity index (χ3n) is 6.15. The topological polar surface area (TPSA) is 33.1 Å². The highest BCUT2D eigenvalue weighted by Gasteiger charge is 2.51.